The third-order valence-corrected chi connectivity index (χ3v) is 21.8. The van der Waals surface area contributed by atoms with Crippen molar-refractivity contribution in [1.82, 2.24) is 9.97 Å². The number of hydrogen-bond acceptors (Lipinski definition) is 6. The molecule has 102 heavy (non-hydrogen) atoms. The largest absolute Gasteiger partial charge is 0.454 e. The van der Waals surface area contributed by atoms with Crippen molar-refractivity contribution in [2.45, 2.75) is 204 Å². The minimum absolute atomic E-state index is 0.0648. The van der Waals surface area contributed by atoms with Crippen LogP contribution in [-0.4, -0.2) is 56.7 Å². The van der Waals surface area contributed by atoms with Crippen molar-refractivity contribution < 1.29 is 18.1 Å². The molecule has 1 saturated heterocycles. The van der Waals surface area contributed by atoms with E-state index in [1.165, 1.54) is 162 Å². The average molecular weight is 1400 g/mol. The first-order chi connectivity index (χ1) is 48.0. The number of nitrogens with zero attached hydrogens (tertiary/aromatic N) is 4. The lowest BCUT2D eigenvalue weighted by atomic mass is 9.81. The molecule has 0 amide bonds. The van der Waals surface area contributed by atoms with E-state index in [0.29, 0.717) is 19.5 Å². The van der Waals surface area contributed by atoms with Gasteiger partial charge in [0.2, 0.25) is 0 Å². The van der Waals surface area contributed by atoms with Gasteiger partial charge in [-0.2, -0.15) is 0 Å². The van der Waals surface area contributed by atoms with E-state index in [1.807, 2.05) is 70.9 Å². The highest BCUT2D eigenvalue weighted by Crippen LogP contribution is 2.49. The van der Waals surface area contributed by atoms with E-state index < -0.39 is 0 Å². The van der Waals surface area contributed by atoms with Crippen LogP contribution in [0.15, 0.2) is 146 Å². The Morgan fingerprint density at radius 2 is 0.529 bits per heavy atom. The van der Waals surface area contributed by atoms with Crippen LogP contribution in [0.3, 0.4) is 0 Å². The summed E-state index contributed by atoms with van der Waals surface area (Å²) in [6.45, 7) is 56.6. The summed E-state index contributed by atoms with van der Waals surface area (Å²) in [5, 5.41) is 0.576. The first-order valence-corrected chi connectivity index (χ1v) is 36.1. The van der Waals surface area contributed by atoms with Gasteiger partial charge in [-0.1, -0.05) is 133 Å². The summed E-state index contributed by atoms with van der Waals surface area (Å²) in [4.78, 5) is 13.1. The molecular weight excluding hydrogens is 1280 g/mol. The van der Waals surface area contributed by atoms with Crippen molar-refractivity contribution in [3.63, 3.8) is 0 Å². The van der Waals surface area contributed by atoms with Crippen molar-refractivity contribution in [1.29, 1.82) is 0 Å². The van der Waals surface area contributed by atoms with Crippen LogP contribution in [0.4, 0.5) is 31.5 Å². The summed E-state index contributed by atoms with van der Waals surface area (Å²) in [5.41, 5.74) is 45.4. The van der Waals surface area contributed by atoms with Crippen molar-refractivity contribution in [2.75, 3.05) is 38.3 Å². The SMILES string of the molecule is CB1OC(C)(C)C(C)(C)O1.CF.CF.Cc1c(C)c(C)c2c(c1C)Cc1c(C)c(C)c(C)c(C)c1N2C.Cc1c(C)c(C)c2c(c1C)Cc1c(C)c(C)c(C)c(C)c1N2C.Cc1cc(C)nc(C)c1.Cc1cc(C)nc(Cl)c1.c1ccc(-c2ccccc2)cc1.c1ccc(-c2ccccc2)cc1. The van der Waals surface area contributed by atoms with Crippen LogP contribution in [0.5, 0.6) is 0 Å². The van der Waals surface area contributed by atoms with Gasteiger partial charge in [0.25, 0.3) is 0 Å². The first kappa shape index (κ1) is 84.4. The quantitative estimate of drug-likeness (QED) is 0.127. The predicted octanol–water partition coefficient (Wildman–Crippen LogP) is 25.6. The van der Waals surface area contributed by atoms with E-state index in [0.717, 1.165) is 35.5 Å². The number of rotatable bonds is 2. The van der Waals surface area contributed by atoms with Gasteiger partial charge in [-0.25, -0.2) is 4.98 Å². The Bertz CT molecular complexity index is 3860. The minimum atomic E-state index is -0.160. The maximum absolute atomic E-state index is 9.50. The molecule has 542 valence electrons. The highest BCUT2D eigenvalue weighted by molar-refractivity contribution is 6.43. The summed E-state index contributed by atoms with van der Waals surface area (Å²) in [6.07, 6.45) is 2.13. The van der Waals surface area contributed by atoms with Gasteiger partial charge in [0, 0.05) is 66.8 Å². The molecule has 0 aliphatic carbocycles. The Kier molecular flexibility index (Phi) is 30.9. The summed E-state index contributed by atoms with van der Waals surface area (Å²) in [5.74, 6) is 0. The van der Waals surface area contributed by atoms with Crippen LogP contribution in [-0.2, 0) is 22.2 Å². The molecule has 0 unspecified atom stereocenters. The molecule has 0 saturated carbocycles. The fourth-order valence-corrected chi connectivity index (χ4v) is 14.5. The van der Waals surface area contributed by atoms with Crippen molar-refractivity contribution in [2.24, 2.45) is 0 Å². The lowest BCUT2D eigenvalue weighted by molar-refractivity contribution is 0.00578. The number of halogens is 3. The molecule has 10 heteroatoms. The Labute approximate surface area is 620 Å². The van der Waals surface area contributed by atoms with Gasteiger partial charge in [0.05, 0.1) is 25.6 Å². The molecule has 6 nitrogen and oxygen atoms in total. The lowest BCUT2D eigenvalue weighted by Gasteiger charge is -2.37. The van der Waals surface area contributed by atoms with E-state index in [-0.39, 0.29) is 18.3 Å². The van der Waals surface area contributed by atoms with Gasteiger partial charge in [0.1, 0.15) is 5.15 Å². The summed E-state index contributed by atoms with van der Waals surface area (Å²) in [7, 11) is 5.43. The smallest absolute Gasteiger partial charge is 0.403 e. The normalized spacial score (nSPS) is 12.9. The Morgan fingerprint density at radius 3 is 0.716 bits per heavy atom. The Hall–Kier alpha value is -8.21. The number of hydrogen-bond donors (Lipinski definition) is 0. The van der Waals surface area contributed by atoms with Crippen molar-refractivity contribution >= 4 is 41.5 Å². The molecular formula is C92H118BClF2N4O2. The summed E-state index contributed by atoms with van der Waals surface area (Å²) in [6, 6.07) is 49.5. The van der Waals surface area contributed by atoms with Crippen molar-refractivity contribution in [3.8, 4) is 22.3 Å². The molecule has 10 aromatic rings. The third-order valence-electron chi connectivity index (χ3n) is 21.6. The number of aromatic nitrogens is 2. The number of alkyl halides is 2. The fraction of sp³-hybridized carbons (Fsp3) is 0.370. The molecule has 5 heterocycles. The molecule has 13 rings (SSSR count). The predicted molar refractivity (Wildman–Crippen MR) is 440 cm³/mol. The Balaban J connectivity index is 0.000000220. The number of aryl methyl sites for hydroxylation is 5. The molecule has 0 N–H and O–H groups in total. The summed E-state index contributed by atoms with van der Waals surface area (Å²) >= 11 is 5.64. The van der Waals surface area contributed by atoms with E-state index in [2.05, 4.69) is 288 Å². The first-order valence-electron chi connectivity index (χ1n) is 35.7. The zero-order chi connectivity index (χ0) is 76.6. The molecule has 3 aliphatic heterocycles. The maximum Gasteiger partial charge on any atom is 0.454 e. The maximum atomic E-state index is 9.50. The highest BCUT2D eigenvalue weighted by atomic mass is 35.5. The number of anilines is 4. The van der Waals surface area contributed by atoms with E-state index >= 15 is 0 Å². The molecule has 0 atom stereocenters. The van der Waals surface area contributed by atoms with E-state index in [1.54, 1.807) is 0 Å². The van der Waals surface area contributed by atoms with Gasteiger partial charge in [-0.05, 0) is 349 Å². The van der Waals surface area contributed by atoms with Crippen LogP contribution in [0.25, 0.3) is 22.3 Å². The Morgan fingerprint density at radius 1 is 0.324 bits per heavy atom. The molecule has 3 aliphatic rings. The molecule has 0 bridgehead atoms. The molecule has 2 aromatic heterocycles. The minimum Gasteiger partial charge on any atom is -0.403 e. The second-order valence-electron chi connectivity index (χ2n) is 28.6. The molecule has 1 fully saturated rings. The molecule has 0 spiro atoms. The highest BCUT2D eigenvalue weighted by Gasteiger charge is 2.49. The van der Waals surface area contributed by atoms with E-state index in [9.17, 15) is 8.78 Å². The second kappa shape index (κ2) is 37.3. The fourth-order valence-electron chi connectivity index (χ4n) is 14.2. The van der Waals surface area contributed by atoms with E-state index in [4.69, 9.17) is 20.9 Å². The molecule has 0 radical (unpaired) electrons. The number of pyridine rings is 2. The van der Waals surface area contributed by atoms with Crippen LogP contribution in [0, 0.1) is 145 Å². The molecule has 8 aromatic carbocycles. The third kappa shape index (κ3) is 19.9. The monoisotopic (exact) mass is 1390 g/mol. The number of benzene rings is 8. The topological polar surface area (TPSA) is 50.7 Å². The van der Waals surface area contributed by atoms with Gasteiger partial charge in [0.15, 0.2) is 0 Å². The lowest BCUT2D eigenvalue weighted by Crippen LogP contribution is -2.41. The summed E-state index contributed by atoms with van der Waals surface area (Å²) < 4.78 is 30.1. The van der Waals surface area contributed by atoms with Gasteiger partial charge in [-0.3, -0.25) is 13.8 Å². The zero-order valence-corrected chi connectivity index (χ0v) is 68.3. The second-order valence-corrected chi connectivity index (χ2v) is 29.0. The van der Waals surface area contributed by atoms with Gasteiger partial charge >= 0.3 is 7.12 Å². The van der Waals surface area contributed by atoms with Crippen molar-refractivity contribution in [3.05, 3.63) is 290 Å². The average Bonchev–Trinajstić information content (AvgIpc) is 0.863. The van der Waals surface area contributed by atoms with Crippen LogP contribution in [0.2, 0.25) is 12.0 Å². The van der Waals surface area contributed by atoms with Crippen LogP contribution < -0.4 is 9.80 Å². The standard InChI is InChI=1S/2C22H29N.2C12H10.C8H11N.C7H15BO2.C7H8ClN.2CH3F/c2*1-11-13(3)17(7)21-19(15(11)5)10-20-16(6)12(2)14(4)18(8)22(20)23(21)9;2*1-3-7-11(8-4-1)12-9-5-2-6-10-12;1-6-4-7(2)9-8(3)5-6;1-6(2)7(3,4)10-8(5)9-6;1-5-3-6(2)9-7(8)4-5;2*1-2/h2*10H2,1-9H3;2*1-10H;4-5H,1-3H3;1-5H3;3-4H,1-2H3;2*1H3. The van der Waals surface area contributed by atoms with Crippen LogP contribution >= 0.6 is 11.6 Å². The number of fused-ring (bicyclic) bond motifs is 4. The van der Waals surface area contributed by atoms with Gasteiger partial charge < -0.3 is 19.1 Å². The zero-order valence-electron chi connectivity index (χ0n) is 67.6. The van der Waals surface area contributed by atoms with Gasteiger partial charge in [-0.15, -0.1) is 0 Å². The van der Waals surface area contributed by atoms with Crippen LogP contribution in [0.1, 0.15) is 167 Å².